The third-order valence-corrected chi connectivity index (χ3v) is 6.20. The molecule has 3 aromatic rings. The minimum absolute atomic E-state index is 0.0454. The van der Waals surface area contributed by atoms with Crippen LogP contribution in [0, 0.1) is 10.1 Å². The van der Waals surface area contributed by atoms with Crippen molar-refractivity contribution in [2.24, 2.45) is 0 Å². The Morgan fingerprint density at radius 3 is 1.95 bits per heavy atom. The highest BCUT2D eigenvalue weighted by Crippen LogP contribution is 2.39. The fourth-order valence-electron chi connectivity index (χ4n) is 4.28. The third-order valence-electron chi connectivity index (χ3n) is 6.20. The lowest BCUT2D eigenvalue weighted by atomic mass is 9.80. The number of benzene rings is 2. The van der Waals surface area contributed by atoms with E-state index in [2.05, 4.69) is 20.1 Å². The van der Waals surface area contributed by atoms with E-state index in [9.17, 15) is 14.9 Å². The summed E-state index contributed by atoms with van der Waals surface area (Å²) in [5, 5.41) is 12.4. The van der Waals surface area contributed by atoms with Crippen molar-refractivity contribution in [2.75, 3.05) is 34.5 Å². The fraction of sp³-hybridized carbons (Fsp3) is 0.393. The maximum atomic E-state index is 13.9. The van der Waals surface area contributed by atoms with Crippen LogP contribution in [0.3, 0.4) is 0 Å². The number of nitrogens with one attached hydrogen (secondary N) is 1. The Kier molecular flexibility index (Phi) is 11.5. The lowest BCUT2D eigenvalue weighted by molar-refractivity contribution is -0.757. The van der Waals surface area contributed by atoms with Gasteiger partial charge in [0, 0.05) is 13.7 Å². The molecule has 0 aliphatic heterocycles. The van der Waals surface area contributed by atoms with Gasteiger partial charge in [-0.15, -0.1) is 10.1 Å². The number of unbranched alkanes of at least 4 members (excludes halogenated alkanes) is 3. The summed E-state index contributed by atoms with van der Waals surface area (Å²) >= 11 is 0. The lowest BCUT2D eigenvalue weighted by Gasteiger charge is -2.39. The molecule has 0 saturated carbocycles. The second-order valence-electron chi connectivity index (χ2n) is 8.67. The third kappa shape index (κ3) is 7.79. The molecule has 1 aromatic heterocycles. The normalized spacial score (nSPS) is 11.8. The highest BCUT2D eigenvalue weighted by molar-refractivity contribution is 5.83. The van der Waals surface area contributed by atoms with Crippen molar-refractivity contribution in [3.63, 3.8) is 0 Å². The molecule has 0 fully saturated rings. The molecule has 12 heteroatoms. The van der Waals surface area contributed by atoms with Crippen LogP contribution in [0.4, 0.5) is 0 Å². The van der Waals surface area contributed by atoms with Gasteiger partial charge in [-0.25, -0.2) is 0 Å². The van der Waals surface area contributed by atoms with Crippen molar-refractivity contribution in [3.8, 4) is 17.8 Å². The number of hydrogen-bond acceptors (Lipinski definition) is 10. The minimum Gasteiger partial charge on any atom is -0.481 e. The highest BCUT2D eigenvalue weighted by Gasteiger charge is 2.49. The monoisotopic (exact) mass is 554 g/mol. The number of aromatic nitrogens is 2. The van der Waals surface area contributed by atoms with Gasteiger partial charge in [0.1, 0.15) is 0 Å². The summed E-state index contributed by atoms with van der Waals surface area (Å²) in [6.07, 6.45) is 1.39. The molecule has 1 heterocycles. The van der Waals surface area contributed by atoms with Gasteiger partial charge in [0.25, 0.3) is 11.0 Å². The quantitative estimate of drug-likeness (QED) is 0.149. The van der Waals surface area contributed by atoms with Crippen molar-refractivity contribution in [1.29, 1.82) is 0 Å². The van der Waals surface area contributed by atoms with E-state index >= 15 is 0 Å². The van der Waals surface area contributed by atoms with Crippen molar-refractivity contribution in [2.45, 2.75) is 37.4 Å². The molecule has 0 aliphatic rings. The maximum Gasteiger partial charge on any atom is 0.324 e. The maximum absolute atomic E-state index is 13.9. The van der Waals surface area contributed by atoms with Gasteiger partial charge in [-0.05, 0) is 24.0 Å². The second kappa shape index (κ2) is 15.2. The van der Waals surface area contributed by atoms with Crippen LogP contribution in [0.2, 0.25) is 0 Å². The van der Waals surface area contributed by atoms with Crippen LogP contribution in [-0.4, -0.2) is 61.5 Å². The van der Waals surface area contributed by atoms with Crippen LogP contribution in [-0.2, 0) is 20.0 Å². The summed E-state index contributed by atoms with van der Waals surface area (Å²) in [6.45, 7) is 0.393. The molecule has 214 valence electrons. The van der Waals surface area contributed by atoms with Crippen molar-refractivity contribution in [1.82, 2.24) is 15.3 Å². The SMILES string of the molecule is COc1cc(OC)nc(O[C@H](C(=O)NCCCCCCO[N+](=O)[O-])C(OC)(c2ccccc2)c2ccccc2)n1. The van der Waals surface area contributed by atoms with Gasteiger partial charge in [0.15, 0.2) is 5.60 Å². The van der Waals surface area contributed by atoms with Crippen molar-refractivity contribution >= 4 is 5.91 Å². The molecule has 0 unspecified atom stereocenters. The summed E-state index contributed by atoms with van der Waals surface area (Å²) in [4.78, 5) is 37.1. The van der Waals surface area contributed by atoms with E-state index < -0.39 is 22.7 Å². The van der Waals surface area contributed by atoms with E-state index in [1.54, 1.807) is 0 Å². The number of rotatable bonds is 17. The number of hydrogen-bond donors (Lipinski definition) is 1. The highest BCUT2D eigenvalue weighted by atomic mass is 16.9. The molecule has 3 rings (SSSR count). The van der Waals surface area contributed by atoms with Crippen LogP contribution in [0.15, 0.2) is 66.7 Å². The van der Waals surface area contributed by atoms with Gasteiger partial charge < -0.3 is 29.1 Å². The topological polar surface area (TPSA) is 144 Å². The summed E-state index contributed by atoms with van der Waals surface area (Å²) in [7, 11) is 4.42. The fourth-order valence-corrected chi connectivity index (χ4v) is 4.28. The molecular weight excluding hydrogens is 520 g/mol. The van der Waals surface area contributed by atoms with Crippen LogP contribution in [0.5, 0.6) is 17.8 Å². The Balaban J connectivity index is 1.93. The summed E-state index contributed by atoms with van der Waals surface area (Å²) < 4.78 is 23.0. The zero-order valence-corrected chi connectivity index (χ0v) is 22.8. The predicted octanol–water partition coefficient (Wildman–Crippen LogP) is 3.72. The zero-order chi connectivity index (χ0) is 28.8. The lowest BCUT2D eigenvalue weighted by Crippen LogP contribution is -2.54. The molecular formula is C28H34N4O8. The van der Waals surface area contributed by atoms with Crippen LogP contribution >= 0.6 is 0 Å². The first-order valence-corrected chi connectivity index (χ1v) is 12.8. The van der Waals surface area contributed by atoms with Crippen molar-refractivity contribution < 1.29 is 33.7 Å². The average molecular weight is 555 g/mol. The second-order valence-corrected chi connectivity index (χ2v) is 8.67. The standard InChI is InChI=1S/C28H34N4O8/c1-36-23-20-24(37-2)31-27(30-23)40-25(26(33)29-18-12-4-5-13-19-39-32(34)35)28(38-3,21-14-8-6-9-15-21)22-16-10-7-11-17-22/h6-11,14-17,20,25H,4-5,12-13,18-19H2,1-3H3,(H,29,33)/t25-/m1/s1. The first kappa shape index (κ1) is 30.1. The number of carbonyl (C=O) groups excluding carboxylic acids is 1. The van der Waals surface area contributed by atoms with Gasteiger partial charge in [-0.2, -0.15) is 9.97 Å². The smallest absolute Gasteiger partial charge is 0.324 e. The van der Waals surface area contributed by atoms with E-state index in [4.69, 9.17) is 18.9 Å². The minimum atomic E-state index is -1.38. The summed E-state index contributed by atoms with van der Waals surface area (Å²) in [5.41, 5.74) is -0.0133. The first-order valence-electron chi connectivity index (χ1n) is 12.8. The molecule has 0 aliphatic carbocycles. The van der Waals surface area contributed by atoms with Gasteiger partial charge in [-0.1, -0.05) is 73.5 Å². The number of methoxy groups -OCH3 is 3. The molecule has 40 heavy (non-hydrogen) atoms. The summed E-state index contributed by atoms with van der Waals surface area (Å²) in [5.74, 6) is -0.0503. The Hall–Kier alpha value is -4.45. The van der Waals surface area contributed by atoms with E-state index in [0.29, 0.717) is 30.5 Å². The van der Waals surface area contributed by atoms with E-state index in [-0.39, 0.29) is 24.4 Å². The molecule has 0 radical (unpaired) electrons. The molecule has 0 bridgehead atoms. The Morgan fingerprint density at radius 1 is 0.900 bits per heavy atom. The number of nitrogens with zero attached hydrogens (tertiary/aromatic N) is 3. The molecule has 2 aromatic carbocycles. The molecule has 1 N–H and O–H groups in total. The van der Waals surface area contributed by atoms with Crippen LogP contribution < -0.4 is 19.5 Å². The van der Waals surface area contributed by atoms with E-state index in [1.165, 1.54) is 27.4 Å². The molecule has 1 atom stereocenters. The number of carbonyl (C=O) groups is 1. The Morgan fingerprint density at radius 2 is 1.45 bits per heavy atom. The van der Waals surface area contributed by atoms with Gasteiger partial charge in [0.2, 0.25) is 17.9 Å². The predicted molar refractivity (Wildman–Crippen MR) is 145 cm³/mol. The number of ether oxygens (including phenoxy) is 4. The molecule has 12 nitrogen and oxygen atoms in total. The average Bonchev–Trinajstić information content (AvgIpc) is 2.99. The zero-order valence-electron chi connectivity index (χ0n) is 22.8. The number of amides is 1. The van der Waals surface area contributed by atoms with Crippen molar-refractivity contribution in [3.05, 3.63) is 88.0 Å². The molecule has 0 spiro atoms. The first-order chi connectivity index (χ1) is 19.4. The van der Waals surface area contributed by atoms with E-state index in [1.807, 2.05) is 60.7 Å². The largest absolute Gasteiger partial charge is 0.481 e. The van der Waals surface area contributed by atoms with Crippen LogP contribution in [0.1, 0.15) is 36.8 Å². The Labute approximate surface area is 232 Å². The summed E-state index contributed by atoms with van der Waals surface area (Å²) in [6, 6.07) is 20.0. The van der Waals surface area contributed by atoms with Crippen LogP contribution in [0.25, 0.3) is 0 Å². The molecule has 1 amide bonds. The van der Waals surface area contributed by atoms with Gasteiger partial charge in [0.05, 0.1) is 26.9 Å². The molecule has 0 saturated heterocycles. The Bertz CT molecular complexity index is 1150. The van der Waals surface area contributed by atoms with Gasteiger partial charge in [-0.3, -0.25) is 4.79 Å². The van der Waals surface area contributed by atoms with E-state index in [0.717, 1.165) is 12.8 Å². The van der Waals surface area contributed by atoms with Gasteiger partial charge >= 0.3 is 6.01 Å².